The van der Waals surface area contributed by atoms with Crippen LogP contribution in [-0.4, -0.2) is 10.3 Å². The van der Waals surface area contributed by atoms with Crippen molar-refractivity contribution < 1.29 is 13.9 Å². The van der Waals surface area contributed by atoms with Gasteiger partial charge in [-0.3, -0.25) is 9.69 Å². The molecule has 2 atom stereocenters. The molecule has 0 unspecified atom stereocenters. The van der Waals surface area contributed by atoms with Gasteiger partial charge in [0, 0.05) is 16.1 Å². The molecule has 0 spiro atoms. The van der Waals surface area contributed by atoms with Crippen LogP contribution in [0, 0.1) is 5.82 Å². The smallest absolute Gasteiger partial charge is 0.320 e. The Hall–Kier alpha value is -3.08. The third kappa shape index (κ3) is 3.52. The van der Waals surface area contributed by atoms with Crippen LogP contribution >= 0.6 is 23.2 Å². The van der Waals surface area contributed by atoms with E-state index in [2.05, 4.69) is 0 Å². The van der Waals surface area contributed by atoms with E-state index >= 15 is 0 Å². The maximum Gasteiger partial charge on any atom is 0.320 e. The van der Waals surface area contributed by atoms with Gasteiger partial charge in [0.2, 0.25) is 6.23 Å². The highest BCUT2D eigenvalue weighted by atomic mass is 35.5. The van der Waals surface area contributed by atoms with Crippen LogP contribution in [0.4, 0.5) is 9.18 Å². The normalized spacial score (nSPS) is 17.8. The fourth-order valence-corrected chi connectivity index (χ4v) is 4.45. The number of rotatable bonds is 2. The summed E-state index contributed by atoms with van der Waals surface area (Å²) in [5.74, 6) is 0.286. The number of hydrogen-bond acceptors (Lipinski definition) is 2. The van der Waals surface area contributed by atoms with E-state index in [4.69, 9.17) is 27.9 Å². The number of nitrogens with zero attached hydrogens (tertiary/aromatic N) is 1. The van der Waals surface area contributed by atoms with Crippen molar-refractivity contribution in [3.63, 3.8) is 0 Å². The van der Waals surface area contributed by atoms with Gasteiger partial charge in [0.15, 0.2) is 0 Å². The Balaban J connectivity index is 1.78. The zero-order chi connectivity index (χ0) is 21.5. The predicted octanol–water partition coefficient (Wildman–Crippen LogP) is 7.47. The Morgan fingerprint density at radius 3 is 2.26 bits per heavy atom. The molecule has 0 saturated carbocycles. The number of hydrogen-bond donors (Lipinski definition) is 0. The largest absolute Gasteiger partial charge is 0.466 e. The Morgan fingerprint density at radius 1 is 0.871 bits per heavy atom. The monoisotopic (exact) mass is 451 g/mol. The van der Waals surface area contributed by atoms with E-state index in [0.29, 0.717) is 10.8 Å². The maximum atomic E-state index is 13.7. The number of ether oxygens (including phenoxy) is 1. The molecule has 5 rings (SSSR count). The van der Waals surface area contributed by atoms with Crippen molar-refractivity contribution in [1.82, 2.24) is 4.90 Å². The van der Waals surface area contributed by atoms with E-state index < -0.39 is 17.6 Å². The van der Waals surface area contributed by atoms with Crippen LogP contribution in [0.25, 0.3) is 10.8 Å². The SMILES string of the molecule is O=C(Cl)N1[C@H](c2ccc(F)cc2)c2c(ccc3ccccc23)O[C@H]1c1ccc(Cl)cc1. The summed E-state index contributed by atoms with van der Waals surface area (Å²) >= 11 is 12.2. The zero-order valence-corrected chi connectivity index (χ0v) is 17.6. The summed E-state index contributed by atoms with van der Waals surface area (Å²) in [6, 6.07) is 24.3. The lowest BCUT2D eigenvalue weighted by molar-refractivity contribution is 0.0212. The van der Waals surface area contributed by atoms with Crippen molar-refractivity contribution in [2.24, 2.45) is 0 Å². The highest BCUT2D eigenvalue weighted by Crippen LogP contribution is 2.48. The van der Waals surface area contributed by atoms with Gasteiger partial charge in [-0.25, -0.2) is 4.39 Å². The number of carbonyl (C=O) groups excluding carboxylic acids is 1. The minimum atomic E-state index is -0.772. The highest BCUT2D eigenvalue weighted by molar-refractivity contribution is 6.62. The topological polar surface area (TPSA) is 29.5 Å². The molecule has 0 bridgehead atoms. The van der Waals surface area contributed by atoms with Crippen molar-refractivity contribution in [3.05, 3.63) is 112 Å². The molecule has 1 aliphatic heterocycles. The van der Waals surface area contributed by atoms with E-state index in [1.54, 1.807) is 36.4 Å². The Morgan fingerprint density at radius 2 is 1.55 bits per heavy atom. The van der Waals surface area contributed by atoms with Gasteiger partial charge < -0.3 is 4.74 Å². The van der Waals surface area contributed by atoms with Gasteiger partial charge in [0.25, 0.3) is 0 Å². The number of carbonyl (C=O) groups is 1. The first-order valence-electron chi connectivity index (χ1n) is 9.70. The molecule has 0 saturated heterocycles. The summed E-state index contributed by atoms with van der Waals surface area (Å²) in [6.07, 6.45) is -0.772. The van der Waals surface area contributed by atoms with Gasteiger partial charge in [-0.2, -0.15) is 0 Å². The van der Waals surface area contributed by atoms with Crippen LogP contribution < -0.4 is 4.74 Å². The first kappa shape index (κ1) is 19.9. The Labute approximate surface area is 188 Å². The van der Waals surface area contributed by atoms with Crippen LogP contribution in [0.5, 0.6) is 5.75 Å². The lowest BCUT2D eigenvalue weighted by atomic mass is 9.90. The van der Waals surface area contributed by atoms with Crippen molar-refractivity contribution in [1.29, 1.82) is 0 Å². The van der Waals surface area contributed by atoms with Gasteiger partial charge in [-0.1, -0.05) is 66.2 Å². The third-order valence-electron chi connectivity index (χ3n) is 5.52. The van der Waals surface area contributed by atoms with E-state index in [-0.39, 0.29) is 5.82 Å². The second-order valence-corrected chi connectivity index (χ2v) is 8.09. The lowest BCUT2D eigenvalue weighted by Crippen LogP contribution is -2.41. The average Bonchev–Trinajstić information content (AvgIpc) is 2.78. The van der Waals surface area contributed by atoms with Crippen LogP contribution in [0.15, 0.2) is 84.9 Å². The maximum absolute atomic E-state index is 13.7. The van der Waals surface area contributed by atoms with Gasteiger partial charge in [-0.15, -0.1) is 0 Å². The molecule has 0 N–H and O–H groups in total. The third-order valence-corrected chi connectivity index (χ3v) is 5.96. The molecule has 0 aromatic heterocycles. The van der Waals surface area contributed by atoms with Crippen molar-refractivity contribution >= 4 is 39.3 Å². The predicted molar refractivity (Wildman–Crippen MR) is 120 cm³/mol. The second kappa shape index (κ2) is 7.88. The fourth-order valence-electron chi connectivity index (χ4n) is 4.13. The van der Waals surface area contributed by atoms with E-state index in [0.717, 1.165) is 27.5 Å². The molecule has 6 heteroatoms. The number of benzene rings is 4. The molecular formula is C25H16Cl2FNO2. The molecule has 31 heavy (non-hydrogen) atoms. The molecular weight excluding hydrogens is 436 g/mol. The number of fused-ring (bicyclic) bond motifs is 3. The standard InChI is InChI=1S/C25H16Cl2FNO2/c26-18-10-5-17(6-11-18)24-29(25(27)30)23(16-7-12-19(28)13-8-16)22-20-4-2-1-3-15(20)9-14-21(22)31-24/h1-14,23-24H/t23-,24+/m1/s1. The molecule has 0 radical (unpaired) electrons. The summed E-state index contributed by atoms with van der Waals surface area (Å²) in [5, 5.41) is 1.84. The molecule has 3 nitrogen and oxygen atoms in total. The van der Waals surface area contributed by atoms with Gasteiger partial charge in [-0.05, 0) is 58.3 Å². The van der Waals surface area contributed by atoms with E-state index in [1.807, 2.05) is 36.4 Å². The quantitative estimate of drug-likeness (QED) is 0.233. The zero-order valence-electron chi connectivity index (χ0n) is 16.1. The fraction of sp³-hybridized carbons (Fsp3) is 0.0800. The second-order valence-electron chi connectivity index (χ2n) is 7.33. The Bertz CT molecular complexity index is 1280. The first-order chi connectivity index (χ1) is 15.0. The number of halogens is 3. The molecule has 0 fully saturated rings. The number of amides is 1. The van der Waals surface area contributed by atoms with Crippen molar-refractivity contribution in [2.45, 2.75) is 12.3 Å². The molecule has 1 amide bonds. The molecule has 0 aliphatic carbocycles. The van der Waals surface area contributed by atoms with Gasteiger partial charge in [0.05, 0.1) is 6.04 Å². The summed E-state index contributed by atoms with van der Waals surface area (Å²) in [7, 11) is 0. The average molecular weight is 452 g/mol. The van der Waals surface area contributed by atoms with Crippen LogP contribution in [0.1, 0.15) is 29.0 Å². The lowest BCUT2D eigenvalue weighted by Gasteiger charge is -2.42. The van der Waals surface area contributed by atoms with Crippen molar-refractivity contribution in [3.8, 4) is 5.75 Å². The molecule has 154 valence electrons. The van der Waals surface area contributed by atoms with Crippen LogP contribution in [-0.2, 0) is 0 Å². The van der Waals surface area contributed by atoms with Gasteiger partial charge in [0.1, 0.15) is 11.6 Å². The van der Waals surface area contributed by atoms with E-state index in [1.165, 1.54) is 17.0 Å². The summed E-state index contributed by atoms with van der Waals surface area (Å²) in [4.78, 5) is 14.2. The van der Waals surface area contributed by atoms with Gasteiger partial charge >= 0.3 is 5.37 Å². The summed E-state index contributed by atoms with van der Waals surface area (Å²) < 4.78 is 20.0. The minimum absolute atomic E-state index is 0.355. The Kier molecular flexibility index (Phi) is 5.05. The molecule has 4 aromatic carbocycles. The molecule has 4 aromatic rings. The van der Waals surface area contributed by atoms with Crippen LogP contribution in [0.2, 0.25) is 5.02 Å². The van der Waals surface area contributed by atoms with E-state index in [9.17, 15) is 9.18 Å². The molecule has 1 aliphatic rings. The van der Waals surface area contributed by atoms with Crippen molar-refractivity contribution in [2.75, 3.05) is 0 Å². The first-order valence-corrected chi connectivity index (χ1v) is 10.5. The summed E-state index contributed by atoms with van der Waals surface area (Å²) in [5.41, 5.74) is 2.27. The summed E-state index contributed by atoms with van der Waals surface area (Å²) in [6.45, 7) is 0. The minimum Gasteiger partial charge on any atom is -0.466 e. The molecule has 1 heterocycles. The highest BCUT2D eigenvalue weighted by Gasteiger charge is 2.41. The van der Waals surface area contributed by atoms with Crippen LogP contribution in [0.3, 0.4) is 0 Å².